The molecule has 1 rings (SSSR count). The standard InChI is InChI=1S/C12H18N2O4S/c1-8(2)19(17,18)10-5-3-4-9(6-10)12(16)14-7-11(13)15/h3-6,8,11,15H,7,13H2,1-2H3,(H,14,16). The van der Waals surface area contributed by atoms with Gasteiger partial charge in [0.2, 0.25) is 0 Å². The number of nitrogens with one attached hydrogen (secondary N) is 1. The predicted molar refractivity (Wildman–Crippen MR) is 71.3 cm³/mol. The van der Waals surface area contributed by atoms with Gasteiger partial charge in [-0.3, -0.25) is 4.79 Å². The summed E-state index contributed by atoms with van der Waals surface area (Å²) < 4.78 is 24.0. The average molecular weight is 286 g/mol. The number of hydrogen-bond acceptors (Lipinski definition) is 5. The Bertz CT molecular complexity index is 553. The summed E-state index contributed by atoms with van der Waals surface area (Å²) in [5, 5.41) is 10.7. The van der Waals surface area contributed by atoms with E-state index in [4.69, 9.17) is 10.8 Å². The first-order chi connectivity index (χ1) is 8.75. The van der Waals surface area contributed by atoms with Gasteiger partial charge in [-0.25, -0.2) is 8.42 Å². The molecule has 7 heteroatoms. The van der Waals surface area contributed by atoms with Gasteiger partial charge in [0.05, 0.1) is 16.7 Å². The molecule has 0 aliphatic carbocycles. The van der Waals surface area contributed by atoms with Crippen molar-refractivity contribution in [1.29, 1.82) is 0 Å². The van der Waals surface area contributed by atoms with Gasteiger partial charge in [-0.1, -0.05) is 6.07 Å². The normalized spacial score (nSPS) is 13.3. The van der Waals surface area contributed by atoms with Crippen LogP contribution in [0.2, 0.25) is 0 Å². The Labute approximate surface area is 112 Å². The Balaban J connectivity index is 2.98. The fraction of sp³-hybridized carbons (Fsp3) is 0.417. The van der Waals surface area contributed by atoms with E-state index in [-0.39, 0.29) is 17.0 Å². The van der Waals surface area contributed by atoms with Crippen molar-refractivity contribution in [1.82, 2.24) is 5.32 Å². The van der Waals surface area contributed by atoms with Gasteiger partial charge in [-0.15, -0.1) is 0 Å². The van der Waals surface area contributed by atoms with E-state index in [2.05, 4.69) is 5.32 Å². The second-order valence-electron chi connectivity index (χ2n) is 4.40. The number of hydrogen-bond donors (Lipinski definition) is 3. The zero-order chi connectivity index (χ0) is 14.6. The molecule has 1 unspecified atom stereocenters. The van der Waals surface area contributed by atoms with E-state index in [1.165, 1.54) is 24.3 Å². The summed E-state index contributed by atoms with van der Waals surface area (Å²) in [4.78, 5) is 11.8. The molecule has 0 radical (unpaired) electrons. The lowest BCUT2D eigenvalue weighted by molar-refractivity contribution is 0.0919. The van der Waals surface area contributed by atoms with Crippen molar-refractivity contribution >= 4 is 15.7 Å². The highest BCUT2D eigenvalue weighted by atomic mass is 32.2. The van der Waals surface area contributed by atoms with Crippen molar-refractivity contribution in [3.05, 3.63) is 29.8 Å². The fourth-order valence-corrected chi connectivity index (χ4v) is 2.49. The minimum Gasteiger partial charge on any atom is -0.377 e. The molecule has 6 nitrogen and oxygen atoms in total. The van der Waals surface area contributed by atoms with Crippen LogP contribution in [0.25, 0.3) is 0 Å². The molecule has 0 aromatic heterocycles. The van der Waals surface area contributed by atoms with E-state index in [0.717, 1.165) is 0 Å². The number of amides is 1. The Hall–Kier alpha value is -1.44. The van der Waals surface area contributed by atoms with Crippen LogP contribution in [0.15, 0.2) is 29.2 Å². The van der Waals surface area contributed by atoms with Crippen LogP contribution in [0, 0.1) is 0 Å². The van der Waals surface area contributed by atoms with Crippen LogP contribution in [0.5, 0.6) is 0 Å². The maximum atomic E-state index is 12.0. The van der Waals surface area contributed by atoms with Crippen molar-refractivity contribution in [2.45, 2.75) is 30.2 Å². The van der Waals surface area contributed by atoms with E-state index < -0.39 is 27.2 Å². The van der Waals surface area contributed by atoms with E-state index in [1.807, 2.05) is 0 Å². The molecular formula is C12H18N2O4S. The third kappa shape index (κ3) is 4.02. The quantitative estimate of drug-likeness (QED) is 0.653. The number of carbonyl (C=O) groups excluding carboxylic acids is 1. The highest BCUT2D eigenvalue weighted by Crippen LogP contribution is 2.17. The monoisotopic (exact) mass is 286 g/mol. The lowest BCUT2D eigenvalue weighted by Gasteiger charge is -2.10. The topological polar surface area (TPSA) is 109 Å². The summed E-state index contributed by atoms with van der Waals surface area (Å²) in [5.41, 5.74) is 5.31. The third-order valence-electron chi connectivity index (χ3n) is 2.52. The molecule has 0 fully saturated rings. The Morgan fingerprint density at radius 2 is 2.05 bits per heavy atom. The molecule has 4 N–H and O–H groups in total. The van der Waals surface area contributed by atoms with Gasteiger partial charge in [0.15, 0.2) is 9.84 Å². The van der Waals surface area contributed by atoms with Crippen LogP contribution in [-0.4, -0.2) is 37.5 Å². The smallest absolute Gasteiger partial charge is 0.251 e. The SMILES string of the molecule is CC(C)S(=O)(=O)c1cccc(C(=O)NCC(N)O)c1. The summed E-state index contributed by atoms with van der Waals surface area (Å²) in [5.74, 6) is -0.481. The molecule has 0 aliphatic heterocycles. The Morgan fingerprint density at radius 3 is 2.58 bits per heavy atom. The minimum absolute atomic E-state index is 0.0972. The number of aliphatic hydroxyl groups excluding tert-OH is 1. The van der Waals surface area contributed by atoms with E-state index in [9.17, 15) is 13.2 Å². The Morgan fingerprint density at radius 1 is 1.42 bits per heavy atom. The van der Waals surface area contributed by atoms with Gasteiger partial charge in [0, 0.05) is 5.56 Å². The molecular weight excluding hydrogens is 268 g/mol. The summed E-state index contributed by atoms with van der Waals surface area (Å²) in [6.45, 7) is 3.06. The summed E-state index contributed by atoms with van der Waals surface area (Å²) >= 11 is 0. The lowest BCUT2D eigenvalue weighted by Crippen LogP contribution is -2.36. The fourth-order valence-electron chi connectivity index (χ4n) is 1.39. The third-order valence-corrected chi connectivity index (χ3v) is 4.67. The second kappa shape index (κ2) is 6.14. The highest BCUT2D eigenvalue weighted by Gasteiger charge is 2.20. The molecule has 0 spiro atoms. The van der Waals surface area contributed by atoms with Crippen molar-refractivity contribution in [3.8, 4) is 0 Å². The van der Waals surface area contributed by atoms with Crippen LogP contribution in [0.1, 0.15) is 24.2 Å². The summed E-state index contributed by atoms with van der Waals surface area (Å²) in [7, 11) is -3.42. The molecule has 0 bridgehead atoms. The summed E-state index contributed by atoms with van der Waals surface area (Å²) in [6.07, 6.45) is -1.15. The molecule has 0 aliphatic rings. The van der Waals surface area contributed by atoms with Gasteiger partial charge < -0.3 is 16.2 Å². The molecule has 19 heavy (non-hydrogen) atoms. The largest absolute Gasteiger partial charge is 0.377 e. The second-order valence-corrected chi connectivity index (χ2v) is 6.90. The molecule has 0 saturated carbocycles. The van der Waals surface area contributed by atoms with Gasteiger partial charge >= 0.3 is 0 Å². The maximum absolute atomic E-state index is 12.0. The molecule has 0 saturated heterocycles. The van der Waals surface area contributed by atoms with E-state index >= 15 is 0 Å². The number of rotatable bonds is 5. The number of aliphatic hydroxyl groups is 1. The van der Waals surface area contributed by atoms with Crippen LogP contribution >= 0.6 is 0 Å². The van der Waals surface area contributed by atoms with E-state index in [1.54, 1.807) is 13.8 Å². The summed E-state index contributed by atoms with van der Waals surface area (Å²) in [6, 6.07) is 5.76. The van der Waals surface area contributed by atoms with Gasteiger partial charge in [-0.05, 0) is 32.0 Å². The van der Waals surface area contributed by atoms with Crippen LogP contribution < -0.4 is 11.1 Å². The molecule has 106 valence electrons. The first kappa shape index (κ1) is 15.6. The van der Waals surface area contributed by atoms with E-state index in [0.29, 0.717) is 0 Å². The maximum Gasteiger partial charge on any atom is 0.251 e. The molecule has 1 aromatic rings. The molecule has 1 amide bonds. The molecule has 1 atom stereocenters. The van der Waals surface area contributed by atoms with Crippen LogP contribution in [0.4, 0.5) is 0 Å². The van der Waals surface area contributed by atoms with Crippen LogP contribution in [0.3, 0.4) is 0 Å². The molecule has 0 heterocycles. The first-order valence-corrected chi connectivity index (χ1v) is 7.35. The number of nitrogens with two attached hydrogens (primary N) is 1. The van der Waals surface area contributed by atoms with Gasteiger partial charge in [-0.2, -0.15) is 0 Å². The zero-order valence-corrected chi connectivity index (χ0v) is 11.6. The number of sulfone groups is 1. The zero-order valence-electron chi connectivity index (χ0n) is 10.8. The van der Waals surface area contributed by atoms with Gasteiger partial charge in [0.25, 0.3) is 5.91 Å². The predicted octanol–water partition coefficient (Wildman–Crippen LogP) is -0.124. The van der Waals surface area contributed by atoms with Crippen molar-refractivity contribution < 1.29 is 18.3 Å². The molecule has 1 aromatic carbocycles. The first-order valence-electron chi connectivity index (χ1n) is 5.81. The number of carbonyl (C=O) groups is 1. The van der Waals surface area contributed by atoms with Crippen molar-refractivity contribution in [3.63, 3.8) is 0 Å². The Kier molecular flexibility index (Phi) is 5.04. The minimum atomic E-state index is -3.42. The van der Waals surface area contributed by atoms with Crippen molar-refractivity contribution in [2.75, 3.05) is 6.54 Å². The van der Waals surface area contributed by atoms with Crippen molar-refractivity contribution in [2.24, 2.45) is 5.73 Å². The van der Waals surface area contributed by atoms with Gasteiger partial charge in [0.1, 0.15) is 6.23 Å². The number of benzene rings is 1. The highest BCUT2D eigenvalue weighted by molar-refractivity contribution is 7.92. The lowest BCUT2D eigenvalue weighted by atomic mass is 10.2. The van der Waals surface area contributed by atoms with Crippen LogP contribution in [-0.2, 0) is 9.84 Å². The average Bonchev–Trinajstić information content (AvgIpc) is 2.35.